The Morgan fingerprint density at radius 2 is 1.02 bits per heavy atom. The number of fused-ring (bicyclic) bond motifs is 3. The van der Waals surface area contributed by atoms with Crippen LogP contribution in [-0.4, -0.2) is 27.6 Å². The molecule has 56 heavy (non-hydrogen) atoms. The van der Waals surface area contributed by atoms with E-state index in [4.69, 9.17) is 21.9 Å². The molecular formula is C50H48N5Si+. The van der Waals surface area contributed by atoms with E-state index in [9.17, 15) is 13.7 Å². The molecule has 0 atom stereocenters. The van der Waals surface area contributed by atoms with Gasteiger partial charge in [-0.3, -0.25) is 4.57 Å². The summed E-state index contributed by atoms with van der Waals surface area (Å²) in [5.41, 5.74) is -4.04. The van der Waals surface area contributed by atoms with Crippen molar-refractivity contribution in [3.05, 3.63) is 157 Å². The summed E-state index contributed by atoms with van der Waals surface area (Å²) in [4.78, 5) is 13.8. The number of pyridine rings is 1. The maximum Gasteiger partial charge on any atom is 0.443 e. The molecule has 3 aromatic heterocycles. The summed E-state index contributed by atoms with van der Waals surface area (Å²) >= 11 is 0. The second-order valence-corrected chi connectivity index (χ2v) is 18.4. The predicted molar refractivity (Wildman–Crippen MR) is 232 cm³/mol. The van der Waals surface area contributed by atoms with Crippen molar-refractivity contribution in [3.63, 3.8) is 0 Å². The maximum absolute atomic E-state index is 10.6. The van der Waals surface area contributed by atoms with Crippen molar-refractivity contribution in [2.45, 2.75) is 75.3 Å². The summed E-state index contributed by atoms with van der Waals surface area (Å²) in [5.74, 6) is -2.43. The van der Waals surface area contributed by atoms with Gasteiger partial charge in [-0.2, -0.15) is 4.98 Å². The lowest BCUT2D eigenvalue weighted by Crippen LogP contribution is -2.65. The van der Waals surface area contributed by atoms with E-state index in [2.05, 4.69) is 15.0 Å². The van der Waals surface area contributed by atoms with E-state index >= 15 is 0 Å². The van der Waals surface area contributed by atoms with Crippen LogP contribution in [0.2, 0.25) is 11.1 Å². The van der Waals surface area contributed by atoms with Gasteiger partial charge in [-0.15, -0.1) is 0 Å². The second kappa shape index (κ2) is 15.1. The van der Waals surface area contributed by atoms with Crippen LogP contribution in [0.25, 0.3) is 56.2 Å². The van der Waals surface area contributed by atoms with Gasteiger partial charge in [-0.05, 0) is 68.4 Å². The van der Waals surface area contributed by atoms with E-state index in [1.807, 2.05) is 0 Å². The molecule has 0 unspecified atom stereocenters. The molecule has 3 heterocycles. The molecule has 0 aliphatic heterocycles. The molecule has 2 fully saturated rings. The van der Waals surface area contributed by atoms with Crippen molar-refractivity contribution in [2.75, 3.05) is 0 Å². The lowest BCUT2D eigenvalue weighted by atomic mass is 9.99. The third-order valence-electron chi connectivity index (χ3n) is 11.1. The molecule has 0 N–H and O–H groups in total. The average molecular weight is 773 g/mol. The molecule has 10 rings (SSSR count). The average Bonchev–Trinajstić information content (AvgIpc) is 1.70. The van der Waals surface area contributed by atoms with E-state index in [1.165, 1.54) is 0 Å². The van der Waals surface area contributed by atoms with Gasteiger partial charge in [-0.25, -0.2) is 4.57 Å². The van der Waals surface area contributed by atoms with E-state index in [0.717, 1.165) is 17.4 Å². The number of para-hydroxylation sites is 2. The normalized spacial score (nSPS) is 22.2. The van der Waals surface area contributed by atoms with Gasteiger partial charge < -0.3 is 0 Å². The third kappa shape index (κ3) is 6.17. The fourth-order valence-corrected chi connectivity index (χ4v) is 15.1. The maximum atomic E-state index is 10.6. The lowest BCUT2D eigenvalue weighted by molar-refractivity contribution is -0.603. The largest absolute Gasteiger partial charge is 0.443 e. The Labute approximate surface area is 367 Å². The number of rotatable bonds is 8. The summed E-state index contributed by atoms with van der Waals surface area (Å²) in [6.07, 6.45) is 3.42. The number of aromatic nitrogens is 5. The van der Waals surface area contributed by atoms with E-state index in [0.29, 0.717) is 55.9 Å². The highest BCUT2D eigenvalue weighted by Gasteiger charge is 2.50. The zero-order valence-corrected chi connectivity index (χ0v) is 31.0. The Hall–Kier alpha value is -5.72. The highest BCUT2D eigenvalue weighted by Crippen LogP contribution is 2.48. The molecule has 6 heteroatoms. The van der Waals surface area contributed by atoms with Crippen molar-refractivity contribution in [3.8, 4) is 34.4 Å². The standard InChI is InChI=1S/C50H48N5Si/c1-5-19-37(20-6-1)38-21-17-27-42(35-38)56(40-23-7-2-8-24-40,41-25-9-3-10-26-41)43-28-18-22-39(36-43)48-51-49(54-33-15-4-16-34-54)53-50(52-48)55-46-31-13-11-29-44(46)45-30-12-14-32-47(45)55/h1,4-6,11-22,27-36,40-41H,2-3,7-10,23-26H2/q+1/i1D,4D,5D,6D,11D,12D,13D,14D,15D,16D,17D,18D,19D,20D,21D,22D,27D,28D,29D,30D,31D,32D,33D,34D,35D,36D. The first-order valence-corrected chi connectivity index (χ1v) is 20.8. The molecular weight excluding hydrogens is 699 g/mol. The number of nitrogens with zero attached hydrogens (tertiary/aromatic N) is 5. The van der Waals surface area contributed by atoms with Crippen LogP contribution in [0.3, 0.4) is 0 Å². The molecule has 0 radical (unpaired) electrons. The Morgan fingerprint density at radius 3 is 1.64 bits per heavy atom. The minimum Gasteiger partial charge on any atom is -0.264 e. The molecule has 0 saturated heterocycles. The van der Waals surface area contributed by atoms with E-state index < -0.39 is 233 Å². The van der Waals surface area contributed by atoms with Crippen LogP contribution >= 0.6 is 0 Å². The fourth-order valence-electron chi connectivity index (χ4n) is 8.72. The minimum absolute atomic E-state index is 0.181. The monoisotopic (exact) mass is 773 g/mol. The van der Waals surface area contributed by atoms with Crippen molar-refractivity contribution < 1.29 is 40.2 Å². The molecule has 0 bridgehead atoms. The molecule has 276 valence electrons. The second-order valence-electron chi connectivity index (χ2n) is 14.0. The van der Waals surface area contributed by atoms with Gasteiger partial charge >= 0.3 is 11.9 Å². The Kier molecular flexibility index (Phi) is 4.52. The van der Waals surface area contributed by atoms with Crippen LogP contribution in [0, 0.1) is 0 Å². The first-order chi connectivity index (χ1) is 38.6. The van der Waals surface area contributed by atoms with E-state index in [-0.39, 0.29) is 10.4 Å². The molecule has 5 nitrogen and oxygen atoms in total. The fraction of sp³-hybridized carbons (Fsp3) is 0.240. The predicted octanol–water partition coefficient (Wildman–Crippen LogP) is 10.8. The van der Waals surface area contributed by atoms with Gasteiger partial charge in [0, 0.05) is 16.3 Å². The zero-order valence-electron chi connectivity index (χ0n) is 56.0. The summed E-state index contributed by atoms with van der Waals surface area (Å²) in [5, 5.41) is -1.24. The quantitative estimate of drug-likeness (QED) is 0.114. The highest BCUT2D eigenvalue weighted by molar-refractivity contribution is 7.04. The molecule has 5 aromatic carbocycles. The molecule has 2 aliphatic rings. The molecule has 8 aromatic rings. The Morgan fingerprint density at radius 1 is 0.500 bits per heavy atom. The van der Waals surface area contributed by atoms with Crippen LogP contribution < -0.4 is 14.9 Å². The van der Waals surface area contributed by atoms with Crippen LogP contribution in [-0.2, 0) is 0 Å². The van der Waals surface area contributed by atoms with Crippen LogP contribution in [0.1, 0.15) is 99.8 Å². The molecule has 2 saturated carbocycles. The third-order valence-corrected chi connectivity index (χ3v) is 16.9. The Bertz CT molecular complexity index is 3970. The summed E-state index contributed by atoms with van der Waals surface area (Å²) in [6, 6.07) is -18.8. The minimum atomic E-state index is -4.53. The zero-order chi connectivity index (χ0) is 59.9. The van der Waals surface area contributed by atoms with Crippen molar-refractivity contribution >= 4 is 40.3 Å². The lowest BCUT2D eigenvalue weighted by Gasteiger charge is -2.49. The smallest absolute Gasteiger partial charge is 0.264 e. The highest BCUT2D eigenvalue weighted by atomic mass is 28.3. The number of benzene rings is 5. The van der Waals surface area contributed by atoms with Crippen LogP contribution in [0.4, 0.5) is 0 Å². The number of hydrogen-bond donors (Lipinski definition) is 0. The SMILES string of the molecule is [2H]c1c([2H])c([2H])c(-c2c([2H])c([2H])c([2H])c([Si](c3c([2H])c([2H])c([2H])c(-c4nc(-n5c6c([2H])c([2H])c([2H])c([2H])c6c6c([2H])c([2H])c([2H])c([2H])c65)nc(-[n+]5c([2H])c([2H])c([2H])c([2H])c5[2H])n4)c3[2H])(C3CCCCC3)C3CCCCC3)c2[2H])c([2H])c1[2H]. The van der Waals surface area contributed by atoms with Crippen molar-refractivity contribution in [1.29, 1.82) is 0 Å². The van der Waals surface area contributed by atoms with Crippen molar-refractivity contribution in [2.24, 2.45) is 0 Å². The summed E-state index contributed by atoms with van der Waals surface area (Å²) in [6.45, 7) is 0. The summed E-state index contributed by atoms with van der Waals surface area (Å²) < 4.78 is 239. The van der Waals surface area contributed by atoms with Gasteiger partial charge in [0.25, 0.3) is 0 Å². The molecule has 2 aliphatic carbocycles. The molecule has 0 amide bonds. The van der Waals surface area contributed by atoms with Gasteiger partial charge in [0.05, 0.1) is 56.3 Å². The van der Waals surface area contributed by atoms with Gasteiger partial charge in [0.15, 0.2) is 0 Å². The van der Waals surface area contributed by atoms with E-state index in [1.54, 1.807) is 0 Å². The van der Waals surface area contributed by atoms with Gasteiger partial charge in [0.1, 0.15) is 10.8 Å². The van der Waals surface area contributed by atoms with Crippen LogP contribution in [0.5, 0.6) is 0 Å². The first-order valence-electron chi connectivity index (χ1n) is 31.6. The van der Waals surface area contributed by atoms with Gasteiger partial charge in [-0.1, -0.05) is 183 Å². The summed E-state index contributed by atoms with van der Waals surface area (Å²) in [7, 11) is -4.53. The first kappa shape index (κ1) is 16.8. The van der Waals surface area contributed by atoms with Gasteiger partial charge in [0.2, 0.25) is 5.82 Å². The topological polar surface area (TPSA) is 47.5 Å². The Balaban J connectivity index is 1.43. The number of hydrogen-bond acceptors (Lipinski definition) is 3. The van der Waals surface area contributed by atoms with Crippen LogP contribution in [0.15, 0.2) is 157 Å². The van der Waals surface area contributed by atoms with Crippen molar-refractivity contribution in [1.82, 2.24) is 19.5 Å². The molecule has 0 spiro atoms.